The van der Waals surface area contributed by atoms with Crippen molar-refractivity contribution < 1.29 is 5.11 Å². The number of hydrogen-bond acceptors (Lipinski definition) is 2. The third-order valence-electron chi connectivity index (χ3n) is 1.39. The van der Waals surface area contributed by atoms with Gasteiger partial charge in [-0.25, -0.2) is 0 Å². The van der Waals surface area contributed by atoms with Crippen LogP contribution in [0.25, 0.3) is 0 Å². The van der Waals surface area contributed by atoms with Gasteiger partial charge < -0.3 is 10.4 Å². The first kappa shape index (κ1) is 7.92. The molecule has 50 valence electrons. The standard InChI is InChI=1S/C6H15NO/c1-4-6(7-3)5(2)8/h5-8H,4H2,1-3H3. The van der Waals surface area contributed by atoms with E-state index in [1.807, 2.05) is 14.0 Å². The van der Waals surface area contributed by atoms with Crippen LogP contribution in [-0.4, -0.2) is 24.3 Å². The van der Waals surface area contributed by atoms with Crippen LogP contribution in [0.4, 0.5) is 0 Å². The molecule has 2 nitrogen and oxygen atoms in total. The number of aliphatic hydroxyl groups excluding tert-OH is 1. The van der Waals surface area contributed by atoms with Gasteiger partial charge in [0.15, 0.2) is 0 Å². The Labute approximate surface area is 50.9 Å². The molecule has 0 aliphatic heterocycles. The molecule has 0 fully saturated rings. The molecule has 0 amide bonds. The summed E-state index contributed by atoms with van der Waals surface area (Å²) in [6.07, 6.45) is 0.749. The summed E-state index contributed by atoms with van der Waals surface area (Å²) in [5, 5.41) is 12.0. The lowest BCUT2D eigenvalue weighted by Crippen LogP contribution is -2.34. The predicted octanol–water partition coefficient (Wildman–Crippen LogP) is 0.365. The fourth-order valence-electron chi connectivity index (χ4n) is 0.786. The first-order valence-corrected chi connectivity index (χ1v) is 3.07. The molecule has 0 aliphatic rings. The van der Waals surface area contributed by atoms with Crippen molar-refractivity contribution in [3.8, 4) is 0 Å². The van der Waals surface area contributed by atoms with Crippen LogP contribution in [0.15, 0.2) is 0 Å². The molecule has 0 aromatic heterocycles. The molecular formula is C6H15NO. The van der Waals surface area contributed by atoms with Crippen LogP contribution in [0.1, 0.15) is 20.3 Å². The van der Waals surface area contributed by atoms with Crippen molar-refractivity contribution in [2.45, 2.75) is 32.4 Å². The highest BCUT2D eigenvalue weighted by Crippen LogP contribution is 1.94. The molecule has 0 saturated carbocycles. The number of rotatable bonds is 3. The number of nitrogens with one attached hydrogen (secondary N) is 1. The van der Waals surface area contributed by atoms with Gasteiger partial charge >= 0.3 is 0 Å². The van der Waals surface area contributed by atoms with Crippen molar-refractivity contribution in [3.63, 3.8) is 0 Å². The van der Waals surface area contributed by atoms with Gasteiger partial charge in [-0.05, 0) is 20.4 Å². The number of aliphatic hydroxyl groups is 1. The van der Waals surface area contributed by atoms with Crippen LogP contribution < -0.4 is 5.32 Å². The van der Waals surface area contributed by atoms with E-state index in [4.69, 9.17) is 5.11 Å². The highest BCUT2D eigenvalue weighted by Gasteiger charge is 2.07. The van der Waals surface area contributed by atoms with Crippen LogP contribution in [0.5, 0.6) is 0 Å². The lowest BCUT2D eigenvalue weighted by molar-refractivity contribution is 0.147. The van der Waals surface area contributed by atoms with E-state index in [-0.39, 0.29) is 12.1 Å². The fraction of sp³-hybridized carbons (Fsp3) is 1.00. The molecular weight excluding hydrogens is 102 g/mol. The van der Waals surface area contributed by atoms with Gasteiger partial charge in [-0.15, -0.1) is 0 Å². The van der Waals surface area contributed by atoms with E-state index in [1.165, 1.54) is 0 Å². The Kier molecular flexibility index (Phi) is 3.83. The lowest BCUT2D eigenvalue weighted by Gasteiger charge is -2.15. The third-order valence-corrected chi connectivity index (χ3v) is 1.39. The maximum Gasteiger partial charge on any atom is 0.0664 e. The van der Waals surface area contributed by atoms with Gasteiger partial charge in [-0.3, -0.25) is 0 Å². The summed E-state index contributed by atoms with van der Waals surface area (Å²) in [6, 6.07) is 0.259. The molecule has 0 radical (unpaired) electrons. The Balaban J connectivity index is 3.35. The minimum atomic E-state index is -0.231. The molecule has 0 aromatic rings. The highest BCUT2D eigenvalue weighted by atomic mass is 16.3. The first-order chi connectivity index (χ1) is 3.72. The van der Waals surface area contributed by atoms with Gasteiger partial charge in [0.05, 0.1) is 6.10 Å². The second kappa shape index (κ2) is 3.87. The third kappa shape index (κ3) is 2.28. The fourth-order valence-corrected chi connectivity index (χ4v) is 0.786. The van der Waals surface area contributed by atoms with Crippen LogP contribution in [0.3, 0.4) is 0 Å². The normalized spacial score (nSPS) is 18.0. The van der Waals surface area contributed by atoms with Gasteiger partial charge in [-0.2, -0.15) is 0 Å². The Morgan fingerprint density at radius 2 is 2.12 bits per heavy atom. The average molecular weight is 117 g/mol. The van der Waals surface area contributed by atoms with Gasteiger partial charge in [-0.1, -0.05) is 6.92 Å². The quantitative estimate of drug-likeness (QED) is 0.559. The van der Waals surface area contributed by atoms with Crippen LogP contribution in [-0.2, 0) is 0 Å². The summed E-state index contributed by atoms with van der Waals surface area (Å²) < 4.78 is 0. The van der Waals surface area contributed by atoms with Gasteiger partial charge in [0, 0.05) is 6.04 Å². The van der Waals surface area contributed by atoms with E-state index in [2.05, 4.69) is 5.32 Å². The Morgan fingerprint density at radius 3 is 2.12 bits per heavy atom. The molecule has 0 rings (SSSR count). The predicted molar refractivity (Wildman–Crippen MR) is 34.8 cm³/mol. The van der Waals surface area contributed by atoms with E-state index in [1.54, 1.807) is 6.92 Å². The van der Waals surface area contributed by atoms with Crippen molar-refractivity contribution >= 4 is 0 Å². The van der Waals surface area contributed by atoms with Gasteiger partial charge in [0.2, 0.25) is 0 Å². The number of likely N-dealkylation sites (N-methyl/N-ethyl adjacent to an activating group) is 1. The van der Waals surface area contributed by atoms with Crippen LogP contribution >= 0.6 is 0 Å². The molecule has 2 unspecified atom stereocenters. The maximum atomic E-state index is 8.95. The van der Waals surface area contributed by atoms with Crippen LogP contribution in [0.2, 0.25) is 0 Å². The topological polar surface area (TPSA) is 32.3 Å². The van der Waals surface area contributed by atoms with Crippen molar-refractivity contribution in [1.29, 1.82) is 0 Å². The highest BCUT2D eigenvalue weighted by molar-refractivity contribution is 4.66. The molecule has 0 spiro atoms. The Hall–Kier alpha value is -0.0800. The maximum absolute atomic E-state index is 8.95. The zero-order chi connectivity index (χ0) is 6.57. The molecule has 2 heteroatoms. The van der Waals surface area contributed by atoms with Crippen molar-refractivity contribution in [1.82, 2.24) is 5.32 Å². The Bertz CT molecular complexity index is 50.5. The first-order valence-electron chi connectivity index (χ1n) is 3.07. The lowest BCUT2D eigenvalue weighted by atomic mass is 10.1. The van der Waals surface area contributed by atoms with Gasteiger partial charge in [0.1, 0.15) is 0 Å². The zero-order valence-corrected chi connectivity index (χ0v) is 5.81. The molecule has 2 N–H and O–H groups in total. The summed E-state index contributed by atoms with van der Waals surface area (Å²) in [5.41, 5.74) is 0. The van der Waals surface area contributed by atoms with E-state index in [9.17, 15) is 0 Å². The monoisotopic (exact) mass is 117 g/mol. The average Bonchev–Trinajstić information content (AvgIpc) is 1.69. The van der Waals surface area contributed by atoms with E-state index < -0.39 is 0 Å². The van der Waals surface area contributed by atoms with Crippen molar-refractivity contribution in [2.75, 3.05) is 7.05 Å². The summed E-state index contributed by atoms with van der Waals surface area (Å²) >= 11 is 0. The minimum Gasteiger partial charge on any atom is -0.392 e. The Morgan fingerprint density at radius 1 is 1.62 bits per heavy atom. The van der Waals surface area contributed by atoms with Gasteiger partial charge in [0.25, 0.3) is 0 Å². The second-order valence-corrected chi connectivity index (χ2v) is 2.04. The molecule has 0 aromatic carbocycles. The number of hydrogen-bond donors (Lipinski definition) is 2. The molecule has 8 heavy (non-hydrogen) atoms. The van der Waals surface area contributed by atoms with E-state index in [0.717, 1.165) is 6.42 Å². The molecule has 0 aliphatic carbocycles. The molecule has 0 heterocycles. The summed E-state index contributed by atoms with van der Waals surface area (Å²) in [4.78, 5) is 0. The summed E-state index contributed by atoms with van der Waals surface area (Å²) in [6.45, 7) is 3.85. The smallest absolute Gasteiger partial charge is 0.0664 e. The van der Waals surface area contributed by atoms with Crippen molar-refractivity contribution in [2.24, 2.45) is 0 Å². The second-order valence-electron chi connectivity index (χ2n) is 2.04. The van der Waals surface area contributed by atoms with Crippen LogP contribution in [0, 0.1) is 0 Å². The van der Waals surface area contributed by atoms with E-state index in [0.29, 0.717) is 0 Å². The summed E-state index contributed by atoms with van der Waals surface area (Å²) in [5.74, 6) is 0. The molecule has 2 atom stereocenters. The van der Waals surface area contributed by atoms with Crippen molar-refractivity contribution in [3.05, 3.63) is 0 Å². The summed E-state index contributed by atoms with van der Waals surface area (Å²) in [7, 11) is 1.86. The molecule has 0 bridgehead atoms. The zero-order valence-electron chi connectivity index (χ0n) is 5.81. The largest absolute Gasteiger partial charge is 0.392 e. The van der Waals surface area contributed by atoms with E-state index >= 15 is 0 Å². The SMILES string of the molecule is CCC(NC)C(C)O. The minimum absolute atomic E-state index is 0.231. The molecule has 0 saturated heterocycles.